The lowest BCUT2D eigenvalue weighted by Gasteiger charge is -2.05. The van der Waals surface area contributed by atoms with Crippen LogP contribution >= 0.6 is 0 Å². The summed E-state index contributed by atoms with van der Waals surface area (Å²) in [6.45, 7) is 1.71. The number of carbonyl (C=O) groups excluding carboxylic acids is 2. The Morgan fingerprint density at radius 2 is 2.06 bits per heavy atom. The molecule has 5 nitrogen and oxygen atoms in total. The number of esters is 1. The van der Waals surface area contributed by atoms with Gasteiger partial charge in [-0.1, -0.05) is 12.1 Å². The first kappa shape index (κ1) is 12.8. The van der Waals surface area contributed by atoms with Crippen LogP contribution in [0.5, 0.6) is 0 Å². The van der Waals surface area contributed by atoms with Crippen molar-refractivity contribution < 1.29 is 22.7 Å². The molecule has 0 aliphatic carbocycles. The molecule has 1 heterocycles. The summed E-state index contributed by atoms with van der Waals surface area (Å²) in [6, 6.07) is 4.38. The molecule has 0 N–H and O–H groups in total. The van der Waals surface area contributed by atoms with Crippen LogP contribution in [0.25, 0.3) is 0 Å². The molecule has 0 spiro atoms. The first-order valence-corrected chi connectivity index (χ1v) is 7.18. The maximum atomic E-state index is 11.8. The maximum absolute atomic E-state index is 11.8. The summed E-state index contributed by atoms with van der Waals surface area (Å²) in [5.74, 6) is -1.75. The first-order chi connectivity index (χ1) is 8.47. The van der Waals surface area contributed by atoms with Crippen molar-refractivity contribution in [2.45, 2.75) is 18.2 Å². The summed E-state index contributed by atoms with van der Waals surface area (Å²) in [7, 11) is -3.30. The van der Waals surface area contributed by atoms with Crippen molar-refractivity contribution in [1.29, 1.82) is 0 Å². The number of hydrogen-bond donors (Lipinski definition) is 0. The van der Waals surface area contributed by atoms with Gasteiger partial charge in [0.2, 0.25) is 0 Å². The van der Waals surface area contributed by atoms with Crippen LogP contribution in [0.15, 0.2) is 23.1 Å². The zero-order valence-electron chi connectivity index (χ0n) is 9.80. The minimum atomic E-state index is -3.30. The number of ketones is 1. The van der Waals surface area contributed by atoms with Gasteiger partial charge in [0, 0.05) is 5.56 Å². The highest BCUT2D eigenvalue weighted by atomic mass is 32.2. The SMILES string of the molecule is CCOC(=O)C(=O)c1cccc2c1CCS2(=O)=O. The molecule has 0 aromatic heterocycles. The molecule has 1 aliphatic heterocycles. The summed E-state index contributed by atoms with van der Waals surface area (Å²) in [5, 5.41) is 0. The van der Waals surface area contributed by atoms with E-state index in [9.17, 15) is 18.0 Å². The van der Waals surface area contributed by atoms with E-state index in [2.05, 4.69) is 4.74 Å². The highest BCUT2D eigenvalue weighted by Gasteiger charge is 2.31. The Kier molecular flexibility index (Phi) is 3.21. The van der Waals surface area contributed by atoms with Crippen molar-refractivity contribution in [2.75, 3.05) is 12.4 Å². The van der Waals surface area contributed by atoms with E-state index in [-0.39, 0.29) is 29.2 Å². The number of carbonyl (C=O) groups is 2. The largest absolute Gasteiger partial charge is 0.460 e. The Balaban J connectivity index is 2.47. The molecule has 0 saturated carbocycles. The average Bonchev–Trinajstić information content (AvgIpc) is 2.65. The first-order valence-electron chi connectivity index (χ1n) is 5.53. The molecule has 1 aliphatic rings. The van der Waals surface area contributed by atoms with Crippen LogP contribution in [0.3, 0.4) is 0 Å². The molecule has 2 rings (SSSR count). The van der Waals surface area contributed by atoms with Gasteiger partial charge >= 0.3 is 5.97 Å². The van der Waals surface area contributed by atoms with Crippen LogP contribution in [0.1, 0.15) is 22.8 Å². The van der Waals surface area contributed by atoms with E-state index < -0.39 is 21.6 Å². The van der Waals surface area contributed by atoms with Crippen LogP contribution in [-0.4, -0.2) is 32.5 Å². The van der Waals surface area contributed by atoms with Gasteiger partial charge < -0.3 is 4.74 Å². The van der Waals surface area contributed by atoms with Crippen molar-refractivity contribution in [3.8, 4) is 0 Å². The molecule has 96 valence electrons. The van der Waals surface area contributed by atoms with Crippen molar-refractivity contribution in [3.05, 3.63) is 29.3 Å². The quantitative estimate of drug-likeness (QED) is 0.459. The molecule has 1 aromatic carbocycles. The van der Waals surface area contributed by atoms with E-state index in [1.54, 1.807) is 6.92 Å². The van der Waals surface area contributed by atoms with E-state index in [4.69, 9.17) is 0 Å². The molecule has 18 heavy (non-hydrogen) atoms. The molecule has 0 amide bonds. The average molecular weight is 268 g/mol. The lowest BCUT2D eigenvalue weighted by molar-refractivity contribution is -0.137. The number of Topliss-reactive ketones (excluding diaryl/α,β-unsaturated/α-hetero) is 1. The Labute approximate surface area is 105 Å². The number of sulfone groups is 1. The minimum absolute atomic E-state index is 0.0184. The fourth-order valence-electron chi connectivity index (χ4n) is 1.98. The lowest BCUT2D eigenvalue weighted by Crippen LogP contribution is -2.19. The van der Waals surface area contributed by atoms with Gasteiger partial charge in [-0.3, -0.25) is 4.79 Å². The van der Waals surface area contributed by atoms with Crippen LogP contribution in [0.2, 0.25) is 0 Å². The molecule has 0 fully saturated rings. The third kappa shape index (κ3) is 2.03. The Morgan fingerprint density at radius 3 is 2.72 bits per heavy atom. The number of ether oxygens (including phenoxy) is 1. The Morgan fingerprint density at radius 1 is 1.33 bits per heavy atom. The summed E-state index contributed by atoms with van der Waals surface area (Å²) >= 11 is 0. The molecule has 0 unspecified atom stereocenters. The summed E-state index contributed by atoms with van der Waals surface area (Å²) < 4.78 is 28.0. The molecule has 1 aromatic rings. The smallest absolute Gasteiger partial charge is 0.379 e. The normalized spacial score (nSPS) is 16.1. The standard InChI is InChI=1S/C12H12O5S/c1-2-17-12(14)11(13)9-4-3-5-10-8(9)6-7-18(10,15)16/h3-5H,2,6-7H2,1H3. The van der Waals surface area contributed by atoms with Gasteiger partial charge in [0.1, 0.15) is 0 Å². The molecular formula is C12H12O5S. The molecule has 0 bridgehead atoms. The number of hydrogen-bond acceptors (Lipinski definition) is 5. The second-order valence-electron chi connectivity index (χ2n) is 3.90. The van der Waals surface area contributed by atoms with E-state index in [1.807, 2.05) is 0 Å². The third-order valence-electron chi connectivity index (χ3n) is 2.79. The van der Waals surface area contributed by atoms with Crippen LogP contribution in [0, 0.1) is 0 Å². The van der Waals surface area contributed by atoms with E-state index in [1.165, 1.54) is 18.2 Å². The van der Waals surface area contributed by atoms with Crippen LogP contribution in [0.4, 0.5) is 0 Å². The van der Waals surface area contributed by atoms with Crippen LogP contribution in [-0.2, 0) is 25.8 Å². The van der Waals surface area contributed by atoms with Gasteiger partial charge in [-0.05, 0) is 25.0 Å². The van der Waals surface area contributed by atoms with Gasteiger partial charge in [-0.15, -0.1) is 0 Å². The van der Waals surface area contributed by atoms with E-state index in [0.29, 0.717) is 5.56 Å². The Bertz CT molecular complexity index is 615. The number of rotatable bonds is 3. The van der Waals surface area contributed by atoms with Crippen molar-refractivity contribution in [3.63, 3.8) is 0 Å². The second-order valence-corrected chi connectivity index (χ2v) is 5.98. The van der Waals surface area contributed by atoms with Gasteiger partial charge in [0.25, 0.3) is 5.78 Å². The minimum Gasteiger partial charge on any atom is -0.460 e. The maximum Gasteiger partial charge on any atom is 0.379 e. The van der Waals surface area contributed by atoms with Gasteiger partial charge in [0.05, 0.1) is 17.3 Å². The predicted molar refractivity (Wildman–Crippen MR) is 63.2 cm³/mol. The third-order valence-corrected chi connectivity index (χ3v) is 4.59. The summed E-state index contributed by atoms with van der Waals surface area (Å²) in [6.07, 6.45) is 0.263. The lowest BCUT2D eigenvalue weighted by atomic mass is 10.0. The zero-order valence-corrected chi connectivity index (χ0v) is 10.6. The summed E-state index contributed by atoms with van der Waals surface area (Å²) in [4.78, 5) is 23.4. The topological polar surface area (TPSA) is 77.5 Å². The molecule has 0 saturated heterocycles. The second kappa shape index (κ2) is 4.53. The van der Waals surface area contributed by atoms with Crippen molar-refractivity contribution in [2.24, 2.45) is 0 Å². The molecular weight excluding hydrogens is 256 g/mol. The van der Waals surface area contributed by atoms with E-state index in [0.717, 1.165) is 0 Å². The summed E-state index contributed by atoms with van der Waals surface area (Å²) in [5.41, 5.74) is 0.558. The highest BCUT2D eigenvalue weighted by molar-refractivity contribution is 7.91. The number of benzene rings is 1. The van der Waals surface area contributed by atoms with Gasteiger partial charge in [-0.2, -0.15) is 0 Å². The predicted octanol–water partition coefficient (Wildman–Crippen LogP) is 0.762. The van der Waals surface area contributed by atoms with Gasteiger partial charge in [0.15, 0.2) is 9.84 Å². The fourth-order valence-corrected chi connectivity index (χ4v) is 3.55. The van der Waals surface area contributed by atoms with Crippen LogP contribution < -0.4 is 0 Å². The van der Waals surface area contributed by atoms with Crippen molar-refractivity contribution >= 4 is 21.6 Å². The number of fused-ring (bicyclic) bond motifs is 1. The molecule has 0 atom stereocenters. The highest BCUT2D eigenvalue weighted by Crippen LogP contribution is 2.28. The molecule has 0 radical (unpaired) electrons. The Hall–Kier alpha value is -1.69. The van der Waals surface area contributed by atoms with Gasteiger partial charge in [-0.25, -0.2) is 13.2 Å². The van der Waals surface area contributed by atoms with Crippen molar-refractivity contribution in [1.82, 2.24) is 0 Å². The monoisotopic (exact) mass is 268 g/mol. The molecule has 6 heteroatoms. The fraction of sp³-hybridized carbons (Fsp3) is 0.333. The zero-order chi connectivity index (χ0) is 13.3. The van der Waals surface area contributed by atoms with E-state index >= 15 is 0 Å².